The fourth-order valence-electron chi connectivity index (χ4n) is 4.66. The van der Waals surface area contributed by atoms with Crippen LogP contribution in [0.15, 0.2) is 23.1 Å². The topological polar surface area (TPSA) is 78.5 Å². The molecule has 1 aliphatic carbocycles. The highest BCUT2D eigenvalue weighted by atomic mass is 32.2. The lowest BCUT2D eigenvalue weighted by molar-refractivity contribution is -0.120. The summed E-state index contributed by atoms with van der Waals surface area (Å²) >= 11 is 0. The molecule has 2 fully saturated rings. The first-order chi connectivity index (χ1) is 14.3. The average Bonchev–Trinajstić information content (AvgIpc) is 2.99. The first-order valence-corrected chi connectivity index (χ1v) is 12.9. The van der Waals surface area contributed by atoms with Gasteiger partial charge >= 0.3 is 0 Å². The van der Waals surface area contributed by atoms with E-state index in [1.165, 1.54) is 12.8 Å². The number of anilines is 1. The van der Waals surface area contributed by atoms with Crippen LogP contribution in [-0.4, -0.2) is 45.4 Å². The van der Waals surface area contributed by atoms with Crippen molar-refractivity contribution in [1.29, 1.82) is 0 Å². The van der Waals surface area contributed by atoms with E-state index in [0.29, 0.717) is 11.6 Å². The van der Waals surface area contributed by atoms with E-state index in [0.717, 1.165) is 57.2 Å². The van der Waals surface area contributed by atoms with Gasteiger partial charge in [-0.15, -0.1) is 0 Å². The van der Waals surface area contributed by atoms with E-state index >= 15 is 0 Å². The highest BCUT2D eigenvalue weighted by Crippen LogP contribution is 2.27. The maximum absolute atomic E-state index is 12.9. The van der Waals surface area contributed by atoms with Gasteiger partial charge < -0.3 is 10.2 Å². The maximum Gasteiger partial charge on any atom is 0.240 e. The molecular weight excluding hydrogens is 398 g/mol. The monoisotopic (exact) mass is 435 g/mol. The van der Waals surface area contributed by atoms with Crippen LogP contribution >= 0.6 is 0 Å². The predicted molar refractivity (Wildman–Crippen MR) is 121 cm³/mol. The predicted octanol–water partition coefficient (Wildman–Crippen LogP) is 3.91. The van der Waals surface area contributed by atoms with Gasteiger partial charge in [-0.1, -0.05) is 25.7 Å². The fourth-order valence-corrected chi connectivity index (χ4v) is 6.05. The first kappa shape index (κ1) is 23.2. The molecule has 1 amide bonds. The van der Waals surface area contributed by atoms with E-state index in [9.17, 15) is 13.2 Å². The van der Waals surface area contributed by atoms with Crippen LogP contribution in [0.3, 0.4) is 0 Å². The Hall–Kier alpha value is -1.44. The second-order valence-corrected chi connectivity index (χ2v) is 10.9. The van der Waals surface area contributed by atoms with E-state index in [2.05, 4.69) is 22.0 Å². The summed E-state index contributed by atoms with van der Waals surface area (Å²) in [6.45, 7) is 5.82. The number of aryl methyl sites for hydroxylation is 1. The molecule has 0 bridgehead atoms. The summed E-state index contributed by atoms with van der Waals surface area (Å²) in [7, 11) is -1.49. The van der Waals surface area contributed by atoms with E-state index in [-0.39, 0.29) is 22.8 Å². The van der Waals surface area contributed by atoms with Gasteiger partial charge in [0.2, 0.25) is 15.9 Å². The molecule has 1 saturated heterocycles. The van der Waals surface area contributed by atoms with Crippen molar-refractivity contribution in [2.75, 3.05) is 25.5 Å². The number of sulfonamides is 1. The van der Waals surface area contributed by atoms with Gasteiger partial charge in [0.05, 0.1) is 4.90 Å². The number of nitrogens with zero attached hydrogens (tertiary/aromatic N) is 1. The molecular formula is C23H37N3O3S. The highest BCUT2D eigenvalue weighted by molar-refractivity contribution is 7.89. The van der Waals surface area contributed by atoms with Crippen LogP contribution in [0.1, 0.15) is 63.9 Å². The maximum atomic E-state index is 12.9. The highest BCUT2D eigenvalue weighted by Gasteiger charge is 2.27. The molecule has 1 atom stereocenters. The second kappa shape index (κ2) is 10.2. The molecule has 0 radical (unpaired) electrons. The molecule has 1 heterocycles. The summed E-state index contributed by atoms with van der Waals surface area (Å²) in [4.78, 5) is 15.2. The minimum atomic E-state index is -3.59. The lowest BCUT2D eigenvalue weighted by atomic mass is 9.91. The van der Waals surface area contributed by atoms with Gasteiger partial charge in [0.1, 0.15) is 0 Å². The third-order valence-corrected chi connectivity index (χ3v) is 8.36. The lowest BCUT2D eigenvalue weighted by Crippen LogP contribution is -2.43. The molecule has 1 aromatic rings. The minimum absolute atomic E-state index is 0.0598. The normalized spacial score (nSPS) is 21.2. The summed E-state index contributed by atoms with van der Waals surface area (Å²) in [5.74, 6) is 0.479. The number of nitrogens with one attached hydrogen (secondary N) is 2. The average molecular weight is 436 g/mol. The molecule has 1 aromatic carbocycles. The molecule has 7 heteroatoms. The molecule has 6 nitrogen and oxygen atoms in total. The number of piperidine rings is 1. The standard InChI is InChI=1S/C23H37N3O3S/c1-17-16-21(30(28,29)25-18(2)19-12-14-26(3)15-13-19)10-11-22(17)24-23(27)20-8-6-4-5-7-9-20/h10-11,16,18-20,25H,4-9,12-15H2,1-3H3,(H,24,27)/t18-/m1/s1. The van der Waals surface area contributed by atoms with E-state index < -0.39 is 10.0 Å². The lowest BCUT2D eigenvalue weighted by Gasteiger charge is -2.32. The third kappa shape index (κ3) is 6.05. The van der Waals surface area contributed by atoms with Gasteiger partial charge in [-0.25, -0.2) is 13.1 Å². The summed E-state index contributed by atoms with van der Waals surface area (Å²) in [6, 6.07) is 4.88. The summed E-state index contributed by atoms with van der Waals surface area (Å²) in [6.07, 6.45) is 8.52. The largest absolute Gasteiger partial charge is 0.326 e. The van der Waals surface area contributed by atoms with Gasteiger partial charge in [-0.05, 0) is 89.3 Å². The van der Waals surface area contributed by atoms with Crippen molar-refractivity contribution < 1.29 is 13.2 Å². The van der Waals surface area contributed by atoms with Crippen molar-refractivity contribution >= 4 is 21.6 Å². The van der Waals surface area contributed by atoms with Gasteiger partial charge in [0.25, 0.3) is 0 Å². The van der Waals surface area contributed by atoms with E-state index in [4.69, 9.17) is 0 Å². The Morgan fingerprint density at radius 2 is 1.70 bits per heavy atom. The van der Waals surface area contributed by atoms with Crippen LogP contribution in [0, 0.1) is 18.8 Å². The van der Waals surface area contributed by atoms with Gasteiger partial charge in [-0.3, -0.25) is 4.79 Å². The first-order valence-electron chi connectivity index (χ1n) is 11.4. The van der Waals surface area contributed by atoms with Crippen molar-refractivity contribution in [3.05, 3.63) is 23.8 Å². The van der Waals surface area contributed by atoms with Crippen molar-refractivity contribution in [3.63, 3.8) is 0 Å². The van der Waals surface area contributed by atoms with Crippen LogP contribution in [0.5, 0.6) is 0 Å². The SMILES string of the molecule is Cc1cc(S(=O)(=O)N[C@H](C)C2CCN(C)CC2)ccc1NC(=O)C1CCCCCC1. The molecule has 2 N–H and O–H groups in total. The number of carbonyl (C=O) groups is 1. The third-order valence-electron chi connectivity index (χ3n) is 6.80. The van der Waals surface area contributed by atoms with Crippen LogP contribution < -0.4 is 10.0 Å². The Bertz CT molecular complexity index is 824. The van der Waals surface area contributed by atoms with Crippen molar-refractivity contribution in [2.45, 2.75) is 76.2 Å². The zero-order valence-corrected chi connectivity index (χ0v) is 19.4. The number of rotatable bonds is 6. The number of amides is 1. The summed E-state index contributed by atoms with van der Waals surface area (Å²) in [5, 5.41) is 3.02. The molecule has 168 valence electrons. The summed E-state index contributed by atoms with van der Waals surface area (Å²) < 4.78 is 28.7. The quantitative estimate of drug-likeness (QED) is 0.664. The minimum Gasteiger partial charge on any atom is -0.326 e. The number of carbonyl (C=O) groups excluding carboxylic acids is 1. The number of benzene rings is 1. The molecule has 1 aliphatic heterocycles. The molecule has 3 rings (SSSR count). The van der Waals surface area contributed by atoms with Gasteiger partial charge in [0, 0.05) is 17.6 Å². The summed E-state index contributed by atoms with van der Waals surface area (Å²) in [5.41, 5.74) is 1.47. The number of hydrogen-bond acceptors (Lipinski definition) is 4. The zero-order valence-electron chi connectivity index (χ0n) is 18.6. The van der Waals surface area contributed by atoms with Crippen LogP contribution in [0.4, 0.5) is 5.69 Å². The molecule has 0 aromatic heterocycles. The number of likely N-dealkylation sites (tertiary alicyclic amines) is 1. The molecule has 2 aliphatic rings. The molecule has 1 saturated carbocycles. The van der Waals surface area contributed by atoms with E-state index in [1.807, 2.05) is 13.8 Å². The smallest absolute Gasteiger partial charge is 0.240 e. The Labute approximate surface area is 181 Å². The van der Waals surface area contributed by atoms with Crippen LogP contribution in [-0.2, 0) is 14.8 Å². The Morgan fingerprint density at radius 3 is 2.30 bits per heavy atom. The number of hydrogen-bond donors (Lipinski definition) is 2. The molecule has 0 unspecified atom stereocenters. The van der Waals surface area contributed by atoms with E-state index in [1.54, 1.807) is 18.2 Å². The second-order valence-electron chi connectivity index (χ2n) is 9.21. The molecule has 30 heavy (non-hydrogen) atoms. The van der Waals surface area contributed by atoms with Gasteiger partial charge in [-0.2, -0.15) is 0 Å². The molecule has 0 spiro atoms. The van der Waals surface area contributed by atoms with Crippen molar-refractivity contribution in [1.82, 2.24) is 9.62 Å². The Kier molecular flexibility index (Phi) is 7.93. The van der Waals surface area contributed by atoms with Crippen molar-refractivity contribution in [3.8, 4) is 0 Å². The zero-order chi connectivity index (χ0) is 21.7. The Morgan fingerprint density at radius 1 is 1.07 bits per heavy atom. The Balaban J connectivity index is 1.63. The van der Waals surface area contributed by atoms with Gasteiger partial charge in [0.15, 0.2) is 0 Å². The van der Waals surface area contributed by atoms with Crippen LogP contribution in [0.2, 0.25) is 0 Å². The van der Waals surface area contributed by atoms with Crippen molar-refractivity contribution in [2.24, 2.45) is 11.8 Å². The fraction of sp³-hybridized carbons (Fsp3) is 0.696. The van der Waals surface area contributed by atoms with Crippen LogP contribution in [0.25, 0.3) is 0 Å².